The maximum Gasteiger partial charge on any atom is 0.0798 e. The zero-order valence-electron chi connectivity index (χ0n) is 11.6. The Bertz CT molecular complexity index is 564. The molecule has 1 saturated heterocycles. The summed E-state index contributed by atoms with van der Waals surface area (Å²) in [6.07, 6.45) is 0. The summed E-state index contributed by atoms with van der Waals surface area (Å²) in [5.41, 5.74) is 5.46. The van der Waals surface area contributed by atoms with E-state index in [2.05, 4.69) is 46.4 Å². The fraction of sp³-hybridized carbons (Fsp3) is 0.400. The van der Waals surface area contributed by atoms with Crippen molar-refractivity contribution in [3.8, 4) is 0 Å². The number of nitrogens with one attached hydrogen (secondary N) is 1. The zero-order chi connectivity index (χ0) is 13.8. The molecule has 4 nitrogen and oxygen atoms in total. The van der Waals surface area contributed by atoms with Crippen LogP contribution in [0.4, 0.5) is 11.4 Å². The first-order valence-corrected chi connectivity index (χ1v) is 7.77. The van der Waals surface area contributed by atoms with Crippen LogP contribution in [0.15, 0.2) is 29.8 Å². The Morgan fingerprint density at radius 3 is 2.85 bits per heavy atom. The van der Waals surface area contributed by atoms with Gasteiger partial charge in [0.1, 0.15) is 0 Å². The van der Waals surface area contributed by atoms with Crippen LogP contribution in [-0.4, -0.2) is 31.3 Å². The third-order valence-electron chi connectivity index (χ3n) is 3.54. The molecule has 0 bridgehead atoms. The van der Waals surface area contributed by atoms with Crippen LogP contribution in [0.5, 0.6) is 0 Å². The fourth-order valence-electron chi connectivity index (χ4n) is 2.37. The van der Waals surface area contributed by atoms with Crippen molar-refractivity contribution in [1.82, 2.24) is 4.98 Å². The number of nitrogens with zero attached hydrogens (tertiary/aromatic N) is 2. The lowest BCUT2D eigenvalue weighted by atomic mass is 10.2. The third kappa shape index (κ3) is 2.94. The van der Waals surface area contributed by atoms with Crippen LogP contribution in [-0.2, 0) is 11.3 Å². The molecule has 0 spiro atoms. The van der Waals surface area contributed by atoms with Crippen LogP contribution in [0.1, 0.15) is 10.6 Å². The summed E-state index contributed by atoms with van der Waals surface area (Å²) in [6.45, 7) is 6.42. The van der Waals surface area contributed by atoms with Gasteiger partial charge in [0, 0.05) is 18.0 Å². The summed E-state index contributed by atoms with van der Waals surface area (Å²) in [4.78, 5) is 7.97. The van der Waals surface area contributed by atoms with Gasteiger partial charge in [0.25, 0.3) is 0 Å². The number of hydrogen-bond donors (Lipinski definition) is 1. The summed E-state index contributed by atoms with van der Waals surface area (Å²) < 4.78 is 5.43. The molecule has 0 amide bonds. The molecule has 2 aromatic rings. The standard InChI is InChI=1S/C15H19N3OS/c1-12-15(20-11-17-12)10-16-13-4-2-3-5-14(13)18-6-8-19-9-7-18/h2-5,11,16H,6-10H2,1H3. The molecule has 0 unspecified atom stereocenters. The van der Waals surface area contributed by atoms with Crippen molar-refractivity contribution in [3.05, 3.63) is 40.3 Å². The molecular formula is C15H19N3OS. The number of hydrogen-bond acceptors (Lipinski definition) is 5. The van der Waals surface area contributed by atoms with E-state index in [1.165, 1.54) is 16.3 Å². The van der Waals surface area contributed by atoms with E-state index in [1.54, 1.807) is 11.3 Å². The monoisotopic (exact) mass is 289 g/mol. The Morgan fingerprint density at radius 2 is 2.10 bits per heavy atom. The topological polar surface area (TPSA) is 37.4 Å². The van der Waals surface area contributed by atoms with E-state index in [0.29, 0.717) is 0 Å². The first kappa shape index (κ1) is 13.4. The minimum Gasteiger partial charge on any atom is -0.378 e. The SMILES string of the molecule is Cc1ncsc1CNc1ccccc1N1CCOCC1. The van der Waals surface area contributed by atoms with Crippen molar-refractivity contribution >= 4 is 22.7 Å². The Kier molecular flexibility index (Phi) is 4.18. The van der Waals surface area contributed by atoms with Gasteiger partial charge in [0.15, 0.2) is 0 Å². The van der Waals surface area contributed by atoms with Gasteiger partial charge >= 0.3 is 0 Å². The zero-order valence-corrected chi connectivity index (χ0v) is 12.4. The van der Waals surface area contributed by atoms with Crippen LogP contribution < -0.4 is 10.2 Å². The smallest absolute Gasteiger partial charge is 0.0798 e. The van der Waals surface area contributed by atoms with Crippen molar-refractivity contribution in [2.45, 2.75) is 13.5 Å². The third-order valence-corrected chi connectivity index (χ3v) is 4.48. The predicted octanol–water partition coefficient (Wildman–Crippen LogP) is 2.90. The van der Waals surface area contributed by atoms with E-state index in [4.69, 9.17) is 4.74 Å². The number of aryl methyl sites for hydroxylation is 1. The summed E-state index contributed by atoms with van der Waals surface area (Å²) in [5.74, 6) is 0. The quantitative estimate of drug-likeness (QED) is 0.939. The Morgan fingerprint density at radius 1 is 1.30 bits per heavy atom. The molecule has 1 fully saturated rings. The maximum atomic E-state index is 5.43. The van der Waals surface area contributed by atoms with E-state index in [-0.39, 0.29) is 0 Å². The fourth-order valence-corrected chi connectivity index (χ4v) is 3.09. The van der Waals surface area contributed by atoms with E-state index < -0.39 is 0 Å². The first-order valence-electron chi connectivity index (χ1n) is 6.89. The minimum absolute atomic E-state index is 0.808. The predicted molar refractivity (Wildman–Crippen MR) is 83.7 cm³/mol. The molecule has 1 N–H and O–H groups in total. The number of ether oxygens (including phenoxy) is 1. The molecule has 0 atom stereocenters. The lowest BCUT2D eigenvalue weighted by Crippen LogP contribution is -2.36. The largest absolute Gasteiger partial charge is 0.378 e. The van der Waals surface area contributed by atoms with Gasteiger partial charge in [-0.25, -0.2) is 4.98 Å². The Hall–Kier alpha value is -1.59. The lowest BCUT2D eigenvalue weighted by molar-refractivity contribution is 0.123. The van der Waals surface area contributed by atoms with Crippen molar-refractivity contribution in [1.29, 1.82) is 0 Å². The van der Waals surface area contributed by atoms with Crippen molar-refractivity contribution < 1.29 is 4.74 Å². The molecule has 0 radical (unpaired) electrons. The average molecular weight is 289 g/mol. The summed E-state index contributed by atoms with van der Waals surface area (Å²) in [7, 11) is 0. The number of thiazole rings is 1. The molecule has 20 heavy (non-hydrogen) atoms. The normalized spacial score (nSPS) is 15.3. The van der Waals surface area contributed by atoms with E-state index >= 15 is 0 Å². The van der Waals surface area contributed by atoms with Gasteiger partial charge in [-0.3, -0.25) is 0 Å². The highest BCUT2D eigenvalue weighted by molar-refractivity contribution is 7.09. The highest BCUT2D eigenvalue weighted by Gasteiger charge is 2.14. The number of morpholine rings is 1. The molecule has 1 aromatic heterocycles. The maximum absolute atomic E-state index is 5.43. The van der Waals surface area contributed by atoms with E-state index in [9.17, 15) is 0 Å². The molecular weight excluding hydrogens is 270 g/mol. The molecule has 2 heterocycles. The Labute approximate surface area is 123 Å². The van der Waals surface area contributed by atoms with Gasteiger partial charge < -0.3 is 15.0 Å². The molecule has 1 aliphatic rings. The van der Waals surface area contributed by atoms with Crippen molar-refractivity contribution in [2.75, 3.05) is 36.5 Å². The van der Waals surface area contributed by atoms with Crippen LogP contribution in [0.2, 0.25) is 0 Å². The highest BCUT2D eigenvalue weighted by atomic mass is 32.1. The van der Waals surface area contributed by atoms with Gasteiger partial charge in [-0.15, -0.1) is 11.3 Å². The number of rotatable bonds is 4. The summed E-state index contributed by atoms with van der Waals surface area (Å²) in [6, 6.07) is 8.48. The van der Waals surface area contributed by atoms with Gasteiger partial charge in [0.05, 0.1) is 42.3 Å². The number of para-hydroxylation sites is 2. The van der Waals surface area contributed by atoms with Crippen LogP contribution in [0.3, 0.4) is 0 Å². The second-order valence-corrected chi connectivity index (χ2v) is 5.77. The summed E-state index contributed by atoms with van der Waals surface area (Å²) >= 11 is 1.70. The molecule has 0 aliphatic carbocycles. The van der Waals surface area contributed by atoms with Crippen LogP contribution >= 0.6 is 11.3 Å². The molecule has 0 saturated carbocycles. The van der Waals surface area contributed by atoms with Gasteiger partial charge in [0.2, 0.25) is 0 Å². The molecule has 1 aromatic carbocycles. The first-order chi connectivity index (χ1) is 9.84. The molecule has 1 aliphatic heterocycles. The highest BCUT2D eigenvalue weighted by Crippen LogP contribution is 2.27. The molecule has 3 rings (SSSR count). The van der Waals surface area contributed by atoms with Gasteiger partial charge in [-0.2, -0.15) is 0 Å². The second-order valence-electron chi connectivity index (χ2n) is 4.83. The summed E-state index contributed by atoms with van der Waals surface area (Å²) in [5, 5.41) is 3.54. The minimum atomic E-state index is 0.808. The van der Waals surface area contributed by atoms with Crippen LogP contribution in [0, 0.1) is 6.92 Å². The Balaban J connectivity index is 1.74. The van der Waals surface area contributed by atoms with E-state index in [1.807, 2.05) is 5.51 Å². The van der Waals surface area contributed by atoms with Gasteiger partial charge in [-0.1, -0.05) is 12.1 Å². The van der Waals surface area contributed by atoms with E-state index in [0.717, 1.165) is 38.5 Å². The number of anilines is 2. The number of aromatic nitrogens is 1. The van der Waals surface area contributed by atoms with Crippen molar-refractivity contribution in [3.63, 3.8) is 0 Å². The number of benzene rings is 1. The lowest BCUT2D eigenvalue weighted by Gasteiger charge is -2.30. The van der Waals surface area contributed by atoms with Crippen molar-refractivity contribution in [2.24, 2.45) is 0 Å². The van der Waals surface area contributed by atoms with Gasteiger partial charge in [-0.05, 0) is 19.1 Å². The van der Waals surface area contributed by atoms with Crippen LogP contribution in [0.25, 0.3) is 0 Å². The molecule has 5 heteroatoms. The average Bonchev–Trinajstić information content (AvgIpc) is 2.92. The molecule has 106 valence electrons. The second kappa shape index (κ2) is 6.24.